The van der Waals surface area contributed by atoms with Crippen LogP contribution in [0.1, 0.15) is 128 Å². The van der Waals surface area contributed by atoms with Gasteiger partial charge in [0.15, 0.2) is 0 Å². The fourth-order valence-corrected chi connectivity index (χ4v) is 9.28. The van der Waals surface area contributed by atoms with Crippen molar-refractivity contribution in [2.45, 2.75) is 129 Å². The zero-order chi connectivity index (χ0) is 42.7. The summed E-state index contributed by atoms with van der Waals surface area (Å²) in [4.78, 5) is 56.9. The van der Waals surface area contributed by atoms with Gasteiger partial charge in [0.05, 0.1) is 5.75 Å². The zero-order valence-corrected chi connectivity index (χ0v) is 36.5. The highest BCUT2D eigenvalue weighted by Gasteiger charge is 2.27. The number of aryl methyl sites for hydroxylation is 4. The summed E-state index contributed by atoms with van der Waals surface area (Å²) >= 11 is 0. The highest BCUT2D eigenvalue weighted by molar-refractivity contribution is 7.90. The number of fused-ring (bicyclic) bond motifs is 4. The topological polar surface area (TPSA) is 174 Å². The Morgan fingerprint density at radius 1 is 0.724 bits per heavy atom. The molecule has 13 nitrogen and oxygen atoms in total. The molecule has 0 heterocycles. The second kappa shape index (κ2) is 24.6. The molecule has 6 rings (SSSR count). The number of amides is 5. The summed E-state index contributed by atoms with van der Waals surface area (Å²) < 4.78 is 26.7. The summed E-state index contributed by atoms with van der Waals surface area (Å²) in [6.45, 7) is 8.44. The molecule has 0 saturated heterocycles. The predicted octanol–water partition coefficient (Wildman–Crippen LogP) is 7.29. The van der Waals surface area contributed by atoms with Crippen LogP contribution in [0.15, 0.2) is 12.1 Å². The van der Waals surface area contributed by atoms with Crippen LogP contribution in [0.4, 0.5) is 21.0 Å². The average Bonchev–Trinajstić information content (AvgIpc) is 4.05. The lowest BCUT2D eigenvalue weighted by atomic mass is 9.99. The van der Waals surface area contributed by atoms with Gasteiger partial charge in [0.1, 0.15) is 13.1 Å². The fourth-order valence-electron chi connectivity index (χ4n) is 8.33. The second-order valence-corrected chi connectivity index (χ2v) is 17.4. The molecule has 58 heavy (non-hydrogen) atoms. The summed E-state index contributed by atoms with van der Waals surface area (Å²) in [6, 6.07) is 3.93. The van der Waals surface area contributed by atoms with Crippen molar-refractivity contribution in [1.82, 2.24) is 19.8 Å². The monoisotopic (exact) mass is 833 g/mol. The highest BCUT2D eigenvalue weighted by Crippen LogP contribution is 2.39. The van der Waals surface area contributed by atoms with Crippen LogP contribution in [0, 0.1) is 0 Å². The molecule has 4 N–H and O–H groups in total. The maximum Gasteiger partial charge on any atom is 0.332 e. The average molecular weight is 833 g/mol. The molecule has 2 aromatic rings. The number of rotatable bonds is 15. The van der Waals surface area contributed by atoms with Crippen LogP contribution < -0.4 is 20.7 Å². The third-order valence-electron chi connectivity index (χ3n) is 11.3. The minimum atomic E-state index is -3.63. The van der Waals surface area contributed by atoms with E-state index in [1.54, 1.807) is 19.0 Å². The smallest absolute Gasteiger partial charge is 0.332 e. The molecule has 0 radical (unpaired) electrons. The number of carbonyl (C=O) groups is 5. The number of benzene rings is 2. The molecule has 0 saturated carbocycles. The molecule has 0 fully saturated rings. The number of hydrogen-bond donors (Lipinski definition) is 4. The predicted molar refractivity (Wildman–Crippen MR) is 241 cm³/mol. The number of aldehydes is 1. The van der Waals surface area contributed by atoms with Crippen molar-refractivity contribution in [3.05, 3.63) is 56.6 Å². The van der Waals surface area contributed by atoms with E-state index in [0.717, 1.165) is 101 Å². The lowest BCUT2D eigenvalue weighted by molar-refractivity contribution is -0.129. The molecule has 0 aromatic heterocycles. The molecule has 2 aromatic carbocycles. The van der Waals surface area contributed by atoms with Crippen LogP contribution in [0.3, 0.4) is 0 Å². The molecule has 4 aliphatic carbocycles. The molecule has 5 amide bonds. The Hall–Kier alpha value is -4.30. The van der Waals surface area contributed by atoms with E-state index in [-0.39, 0.29) is 23.4 Å². The van der Waals surface area contributed by atoms with Gasteiger partial charge < -0.3 is 35.3 Å². The molecule has 330 valence electrons. The fraction of sp³-hybridized carbons (Fsp3) is 0.614. The van der Waals surface area contributed by atoms with E-state index in [0.29, 0.717) is 25.8 Å². The van der Waals surface area contributed by atoms with Gasteiger partial charge in [-0.1, -0.05) is 19.1 Å². The van der Waals surface area contributed by atoms with Crippen molar-refractivity contribution in [2.24, 2.45) is 0 Å². The molecular weight excluding hydrogens is 757 g/mol. The SMILES string of the molecule is C=O.CCCN(C)CCCS(=O)(=O)NC(=O)Nc1c2c(cc3c1CCC3)CCC2.CCN(C)C(=O)CCCCC=O.CNC(=O)Nc1c2c(cc3c1CCC3)CCC2.[HH].[HH].[HH].[HH]. The number of unbranched alkanes of at least 4 members (excludes halogenated alkanes) is 2. The van der Waals surface area contributed by atoms with Crippen molar-refractivity contribution in [2.75, 3.05) is 57.2 Å². The summed E-state index contributed by atoms with van der Waals surface area (Å²) in [7, 11) is 1.81. The number of hydrogen-bond acceptors (Lipinski definition) is 8. The first kappa shape index (κ1) is 48.1. The molecule has 4 aliphatic rings. The standard InChI is InChI=1S/C20H31N3O3S.C14H18N2O.C9H17NO2.CH2O.4H2/c1-3-11-23(2)12-6-13-27(25,26)22-20(24)21-19-17-9-4-7-15(17)14-16-8-5-10-18(16)19;1-15-14(17)16-13-11-6-2-4-9(11)8-10-5-3-7-12(10)13;1-3-10(2)9(12)7-5-4-6-8-11;1-2;;;;/h14H,3-13H2,1-2H3,(H2,21,22,24);8H,2-7H2,1H3,(H2,15,16,17);8H,3-7H2,1-2H3;1H2;4*1H. The van der Waals surface area contributed by atoms with E-state index in [4.69, 9.17) is 4.79 Å². The van der Waals surface area contributed by atoms with Crippen molar-refractivity contribution in [1.29, 1.82) is 0 Å². The van der Waals surface area contributed by atoms with Crippen molar-refractivity contribution < 1.29 is 38.1 Å². The lowest BCUT2D eigenvalue weighted by Crippen LogP contribution is -2.37. The van der Waals surface area contributed by atoms with Crippen LogP contribution in [0.2, 0.25) is 0 Å². The van der Waals surface area contributed by atoms with Crippen LogP contribution in [0.5, 0.6) is 0 Å². The van der Waals surface area contributed by atoms with Crippen molar-refractivity contribution in [3.8, 4) is 0 Å². The van der Waals surface area contributed by atoms with Gasteiger partial charge in [0, 0.05) is 50.6 Å². The van der Waals surface area contributed by atoms with E-state index in [1.165, 1.54) is 70.2 Å². The Morgan fingerprint density at radius 2 is 1.19 bits per heavy atom. The van der Waals surface area contributed by atoms with E-state index in [2.05, 4.69) is 44.6 Å². The summed E-state index contributed by atoms with van der Waals surface area (Å²) in [5.74, 6) is 0.128. The van der Waals surface area contributed by atoms with Gasteiger partial charge in [-0.25, -0.2) is 22.7 Å². The Balaban J connectivity index is 0. The Bertz CT molecular complexity index is 1770. The minimum absolute atomic E-state index is 0. The largest absolute Gasteiger partial charge is 0.346 e. The van der Waals surface area contributed by atoms with E-state index >= 15 is 0 Å². The summed E-state index contributed by atoms with van der Waals surface area (Å²) in [5.41, 5.74) is 12.7. The van der Waals surface area contributed by atoms with Crippen LogP contribution >= 0.6 is 0 Å². The molecule has 14 heteroatoms. The van der Waals surface area contributed by atoms with Crippen molar-refractivity contribution >= 4 is 52.4 Å². The number of urea groups is 2. The highest BCUT2D eigenvalue weighted by atomic mass is 32.2. The normalized spacial score (nSPS) is 14.2. The number of carbonyl (C=O) groups excluding carboxylic acids is 5. The zero-order valence-electron chi connectivity index (χ0n) is 35.7. The molecule has 0 spiro atoms. The third-order valence-corrected chi connectivity index (χ3v) is 12.6. The first-order chi connectivity index (χ1) is 27.9. The quantitative estimate of drug-likeness (QED) is 0.107. The van der Waals surface area contributed by atoms with E-state index in [1.807, 2.05) is 20.8 Å². The van der Waals surface area contributed by atoms with E-state index < -0.39 is 16.1 Å². The summed E-state index contributed by atoms with van der Waals surface area (Å²) in [6.07, 6.45) is 18.4. The Labute approximate surface area is 352 Å². The van der Waals surface area contributed by atoms with Gasteiger partial charge in [-0.3, -0.25) is 4.79 Å². The van der Waals surface area contributed by atoms with Gasteiger partial charge >= 0.3 is 12.1 Å². The number of anilines is 2. The van der Waals surface area contributed by atoms with E-state index in [9.17, 15) is 27.6 Å². The number of nitrogens with one attached hydrogen (secondary N) is 4. The molecule has 0 atom stereocenters. The van der Waals surface area contributed by atoms with Crippen molar-refractivity contribution in [3.63, 3.8) is 0 Å². The third kappa shape index (κ3) is 14.2. The van der Waals surface area contributed by atoms with Gasteiger partial charge in [0.25, 0.3) is 0 Å². The molecular formula is C44H76N6O7S. The molecule has 0 bridgehead atoms. The molecule has 0 unspecified atom stereocenters. The number of sulfonamides is 1. The number of nitrogens with zero attached hydrogens (tertiary/aromatic N) is 2. The Morgan fingerprint density at radius 3 is 1.60 bits per heavy atom. The van der Waals surface area contributed by atoms with Crippen LogP contribution in [-0.4, -0.2) is 95.8 Å². The van der Waals surface area contributed by atoms with Gasteiger partial charge in [-0.15, -0.1) is 0 Å². The van der Waals surface area contributed by atoms with Gasteiger partial charge in [-0.05, 0) is 174 Å². The first-order valence-electron chi connectivity index (χ1n) is 21.2. The van der Waals surface area contributed by atoms with Crippen LogP contribution in [-0.2, 0) is 75.8 Å². The second-order valence-electron chi connectivity index (χ2n) is 15.5. The first-order valence-corrected chi connectivity index (χ1v) is 22.8. The summed E-state index contributed by atoms with van der Waals surface area (Å²) in [5, 5.41) is 8.57. The Kier molecular flexibility index (Phi) is 20.4. The van der Waals surface area contributed by atoms with Gasteiger partial charge in [0.2, 0.25) is 15.9 Å². The lowest BCUT2D eigenvalue weighted by Gasteiger charge is -2.17. The maximum absolute atomic E-state index is 12.4. The van der Waals surface area contributed by atoms with Gasteiger partial charge in [-0.2, -0.15) is 0 Å². The van der Waals surface area contributed by atoms with Crippen LogP contribution in [0.25, 0.3) is 0 Å². The molecule has 0 aliphatic heterocycles. The minimum Gasteiger partial charge on any atom is -0.346 e. The maximum atomic E-state index is 12.4.